The molecule has 0 aliphatic carbocycles. The summed E-state index contributed by atoms with van der Waals surface area (Å²) in [7, 11) is 3.38. The number of nitrogens with zero attached hydrogens (tertiary/aromatic N) is 4. The molecule has 0 bridgehead atoms. The fourth-order valence-corrected chi connectivity index (χ4v) is 1.06. The largest absolute Gasteiger partial charge is 0.516 e. The van der Waals surface area contributed by atoms with Crippen molar-refractivity contribution in [3.63, 3.8) is 0 Å². The number of alkyl halides is 3. The summed E-state index contributed by atoms with van der Waals surface area (Å²) in [6, 6.07) is -0.448. The molecule has 0 spiro atoms. The fraction of sp³-hybridized carbons (Fsp3) is 0.400. The van der Waals surface area contributed by atoms with E-state index >= 15 is 0 Å². The SMILES string of the molecule is CN(C)/C=N/c1nc(OC(=O)OCC(Cl)(Cl)Cl)ncc1F. The summed E-state index contributed by atoms with van der Waals surface area (Å²) >= 11 is 16.2. The van der Waals surface area contributed by atoms with Crippen molar-refractivity contribution in [2.75, 3.05) is 20.7 Å². The van der Waals surface area contributed by atoms with Crippen molar-refractivity contribution in [1.29, 1.82) is 0 Å². The lowest BCUT2D eigenvalue weighted by Crippen LogP contribution is -2.20. The first-order valence-electron chi connectivity index (χ1n) is 5.32. The van der Waals surface area contributed by atoms with E-state index in [4.69, 9.17) is 34.8 Å². The molecule has 7 nitrogen and oxygen atoms in total. The summed E-state index contributed by atoms with van der Waals surface area (Å²) in [6.07, 6.45) is 0.916. The summed E-state index contributed by atoms with van der Waals surface area (Å²) in [5.74, 6) is -1.09. The molecule has 21 heavy (non-hydrogen) atoms. The second-order valence-corrected chi connectivity index (χ2v) is 6.30. The summed E-state index contributed by atoms with van der Waals surface area (Å²) in [6.45, 7) is -0.524. The highest BCUT2D eigenvalue weighted by atomic mass is 35.6. The Labute approximate surface area is 134 Å². The molecule has 0 N–H and O–H groups in total. The van der Waals surface area contributed by atoms with Crippen LogP contribution in [-0.2, 0) is 4.74 Å². The zero-order chi connectivity index (χ0) is 16.0. The normalized spacial score (nSPS) is 11.5. The van der Waals surface area contributed by atoms with Gasteiger partial charge in [-0.3, -0.25) is 0 Å². The molecule has 0 saturated carbocycles. The van der Waals surface area contributed by atoms with Gasteiger partial charge >= 0.3 is 12.2 Å². The minimum Gasteiger partial charge on any atom is -0.429 e. The smallest absolute Gasteiger partial charge is 0.429 e. The highest BCUT2D eigenvalue weighted by molar-refractivity contribution is 6.67. The van der Waals surface area contributed by atoms with Gasteiger partial charge in [0.1, 0.15) is 6.61 Å². The number of carbonyl (C=O) groups is 1. The van der Waals surface area contributed by atoms with Gasteiger partial charge in [-0.2, -0.15) is 4.98 Å². The Kier molecular flexibility index (Phi) is 6.38. The molecule has 116 valence electrons. The molecule has 0 fully saturated rings. The maximum atomic E-state index is 13.4. The lowest BCUT2D eigenvalue weighted by molar-refractivity contribution is 0.0974. The summed E-state index contributed by atoms with van der Waals surface area (Å²) < 4.78 is 20.7. The number of aliphatic imine (C=N–C) groups is 1. The third kappa shape index (κ3) is 7.26. The van der Waals surface area contributed by atoms with Gasteiger partial charge < -0.3 is 14.4 Å². The average molecular weight is 360 g/mol. The molecule has 0 atom stereocenters. The van der Waals surface area contributed by atoms with Gasteiger partial charge in [0.25, 0.3) is 0 Å². The van der Waals surface area contributed by atoms with Gasteiger partial charge in [-0.1, -0.05) is 34.8 Å². The van der Waals surface area contributed by atoms with Crippen LogP contribution in [0.5, 0.6) is 6.01 Å². The van der Waals surface area contributed by atoms with Gasteiger partial charge in [-0.05, 0) is 0 Å². The van der Waals surface area contributed by atoms with E-state index in [0.717, 1.165) is 6.20 Å². The van der Waals surface area contributed by atoms with Gasteiger partial charge in [0.2, 0.25) is 3.79 Å². The topological polar surface area (TPSA) is 76.9 Å². The van der Waals surface area contributed by atoms with Crippen molar-refractivity contribution < 1.29 is 18.7 Å². The molecule has 0 aliphatic rings. The van der Waals surface area contributed by atoms with Crippen LogP contribution in [0, 0.1) is 5.82 Å². The van der Waals surface area contributed by atoms with Crippen molar-refractivity contribution in [3.8, 4) is 6.01 Å². The summed E-state index contributed by atoms with van der Waals surface area (Å²) in [5.41, 5.74) is 0. The highest BCUT2D eigenvalue weighted by Crippen LogP contribution is 2.26. The predicted molar refractivity (Wildman–Crippen MR) is 76.1 cm³/mol. The molecule has 1 aromatic heterocycles. The Bertz CT molecular complexity index is 537. The molecule has 0 saturated heterocycles. The Hall–Kier alpha value is -1.38. The number of hydrogen-bond donors (Lipinski definition) is 0. The number of hydrogen-bond acceptors (Lipinski definition) is 6. The Morgan fingerprint density at radius 2 is 2.19 bits per heavy atom. The molecule has 1 heterocycles. The molecule has 0 aromatic carbocycles. The van der Waals surface area contributed by atoms with Crippen LogP contribution in [0.15, 0.2) is 11.2 Å². The predicted octanol–water partition coefficient (Wildman–Crippen LogP) is 2.72. The molecular weight excluding hydrogens is 349 g/mol. The molecule has 1 rings (SSSR count). The molecule has 0 amide bonds. The Morgan fingerprint density at radius 3 is 2.76 bits per heavy atom. The molecule has 1 aromatic rings. The van der Waals surface area contributed by atoms with Crippen molar-refractivity contribution in [2.24, 2.45) is 4.99 Å². The van der Waals surface area contributed by atoms with E-state index in [0.29, 0.717) is 0 Å². The second-order valence-electron chi connectivity index (χ2n) is 3.79. The lowest BCUT2D eigenvalue weighted by Gasteiger charge is -2.10. The zero-order valence-electron chi connectivity index (χ0n) is 10.9. The van der Waals surface area contributed by atoms with E-state index in [2.05, 4.69) is 24.4 Å². The summed E-state index contributed by atoms with van der Waals surface area (Å²) in [4.78, 5) is 23.6. The van der Waals surface area contributed by atoms with Crippen LogP contribution in [-0.4, -0.2) is 51.9 Å². The van der Waals surface area contributed by atoms with E-state index in [1.807, 2.05) is 0 Å². The Balaban J connectivity index is 2.72. The van der Waals surface area contributed by atoms with Crippen LogP contribution in [0.4, 0.5) is 15.0 Å². The van der Waals surface area contributed by atoms with Crippen molar-refractivity contribution >= 4 is 53.1 Å². The number of aromatic nitrogens is 2. The molecular formula is C10H10Cl3FN4O3. The van der Waals surface area contributed by atoms with Gasteiger partial charge in [-0.15, -0.1) is 0 Å². The number of halogens is 4. The minimum absolute atomic E-state index is 0.303. The van der Waals surface area contributed by atoms with Crippen LogP contribution in [0.1, 0.15) is 0 Å². The quantitative estimate of drug-likeness (QED) is 0.356. The molecule has 11 heteroatoms. The maximum Gasteiger partial charge on any atom is 0.516 e. The van der Waals surface area contributed by atoms with E-state index in [1.165, 1.54) is 6.34 Å². The van der Waals surface area contributed by atoms with Crippen LogP contribution in [0.3, 0.4) is 0 Å². The van der Waals surface area contributed by atoms with E-state index in [-0.39, 0.29) is 5.82 Å². The number of rotatable bonds is 4. The van der Waals surface area contributed by atoms with Gasteiger partial charge in [-0.25, -0.2) is 19.2 Å². The molecule has 0 aliphatic heterocycles. The number of carbonyl (C=O) groups excluding carboxylic acids is 1. The van der Waals surface area contributed by atoms with Gasteiger partial charge in [0, 0.05) is 14.1 Å². The molecule has 0 radical (unpaired) electrons. The van der Waals surface area contributed by atoms with Crippen LogP contribution >= 0.6 is 34.8 Å². The number of ether oxygens (including phenoxy) is 2. The lowest BCUT2D eigenvalue weighted by atomic mass is 10.5. The van der Waals surface area contributed by atoms with Crippen molar-refractivity contribution in [1.82, 2.24) is 14.9 Å². The zero-order valence-corrected chi connectivity index (χ0v) is 13.2. The first-order valence-corrected chi connectivity index (χ1v) is 6.45. The first kappa shape index (κ1) is 17.7. The summed E-state index contributed by atoms with van der Waals surface area (Å²) in [5, 5.41) is 0. The van der Waals surface area contributed by atoms with E-state index < -0.39 is 28.4 Å². The first-order chi connectivity index (χ1) is 9.67. The van der Waals surface area contributed by atoms with Gasteiger partial charge in [0.05, 0.1) is 12.5 Å². The van der Waals surface area contributed by atoms with E-state index in [1.54, 1.807) is 19.0 Å². The average Bonchev–Trinajstić information content (AvgIpc) is 2.36. The standard InChI is InChI=1S/C10H10Cl3FN4O3/c1-18(2)5-16-7-6(14)3-15-8(17-7)21-9(19)20-4-10(11,12)13/h3,5H,4H2,1-2H3/b16-5+. The third-order valence-corrected chi connectivity index (χ3v) is 1.97. The van der Waals surface area contributed by atoms with Crippen LogP contribution < -0.4 is 4.74 Å². The maximum absolute atomic E-state index is 13.4. The van der Waals surface area contributed by atoms with Crippen LogP contribution in [0.2, 0.25) is 0 Å². The monoisotopic (exact) mass is 358 g/mol. The van der Waals surface area contributed by atoms with E-state index in [9.17, 15) is 9.18 Å². The minimum atomic E-state index is -1.77. The third-order valence-electron chi connectivity index (χ3n) is 1.64. The Morgan fingerprint density at radius 1 is 1.52 bits per heavy atom. The van der Waals surface area contributed by atoms with Gasteiger partial charge in [0.15, 0.2) is 11.6 Å². The molecule has 0 unspecified atom stereocenters. The van der Waals surface area contributed by atoms with Crippen molar-refractivity contribution in [3.05, 3.63) is 12.0 Å². The van der Waals surface area contributed by atoms with Crippen molar-refractivity contribution in [2.45, 2.75) is 3.79 Å². The fourth-order valence-electron chi connectivity index (χ4n) is 0.897. The highest BCUT2D eigenvalue weighted by Gasteiger charge is 2.23. The second kappa shape index (κ2) is 7.58. The van der Waals surface area contributed by atoms with Crippen LogP contribution in [0.25, 0.3) is 0 Å².